The van der Waals surface area contributed by atoms with Crippen molar-refractivity contribution >= 4 is 11.3 Å². The molecule has 1 unspecified atom stereocenters. The van der Waals surface area contributed by atoms with Crippen LogP contribution in [0.3, 0.4) is 0 Å². The molecule has 1 aromatic rings. The van der Waals surface area contributed by atoms with E-state index in [-0.39, 0.29) is 0 Å². The molecule has 82 valence electrons. The number of hydrogen-bond donors (Lipinski definition) is 1. The minimum Gasteiger partial charge on any atom is -0.314 e. The lowest BCUT2D eigenvalue weighted by molar-refractivity contribution is 0.496. The van der Waals surface area contributed by atoms with Crippen LogP contribution in [-0.4, -0.2) is 17.6 Å². The highest BCUT2D eigenvalue weighted by molar-refractivity contribution is 7.09. The van der Waals surface area contributed by atoms with Gasteiger partial charge in [0, 0.05) is 30.0 Å². The van der Waals surface area contributed by atoms with Gasteiger partial charge in [-0.15, -0.1) is 23.7 Å². The Morgan fingerprint density at radius 1 is 1.67 bits per heavy atom. The quantitative estimate of drug-likeness (QED) is 0.748. The zero-order chi connectivity index (χ0) is 11.1. The summed E-state index contributed by atoms with van der Waals surface area (Å²) < 4.78 is 0. The molecule has 3 heteroatoms. The van der Waals surface area contributed by atoms with E-state index in [1.54, 1.807) is 11.3 Å². The van der Waals surface area contributed by atoms with Crippen LogP contribution < -0.4 is 5.32 Å². The molecule has 0 saturated carbocycles. The predicted molar refractivity (Wildman–Crippen MR) is 66.1 cm³/mol. The molecule has 1 aromatic heterocycles. The van der Waals surface area contributed by atoms with E-state index in [2.05, 4.69) is 28.5 Å². The van der Waals surface area contributed by atoms with Gasteiger partial charge >= 0.3 is 0 Å². The molecule has 0 aliphatic carbocycles. The minimum atomic E-state index is 0.469. The van der Waals surface area contributed by atoms with Crippen LogP contribution >= 0.6 is 11.3 Å². The third-order valence-corrected chi connectivity index (χ3v) is 3.21. The number of terminal acetylenes is 1. The van der Waals surface area contributed by atoms with Crippen molar-refractivity contribution in [3.63, 3.8) is 0 Å². The van der Waals surface area contributed by atoms with E-state index < -0.39 is 0 Å². The van der Waals surface area contributed by atoms with Gasteiger partial charge in [-0.05, 0) is 19.9 Å². The summed E-state index contributed by atoms with van der Waals surface area (Å²) >= 11 is 1.73. The third-order valence-electron chi connectivity index (χ3n) is 2.22. The van der Waals surface area contributed by atoms with Crippen LogP contribution in [0.4, 0.5) is 0 Å². The van der Waals surface area contributed by atoms with Gasteiger partial charge in [0.15, 0.2) is 0 Å². The zero-order valence-corrected chi connectivity index (χ0v) is 10.2. The van der Waals surface area contributed by atoms with E-state index in [0.29, 0.717) is 6.04 Å². The van der Waals surface area contributed by atoms with Crippen molar-refractivity contribution in [2.75, 3.05) is 6.54 Å². The highest BCUT2D eigenvalue weighted by Gasteiger charge is 2.09. The summed E-state index contributed by atoms with van der Waals surface area (Å²) in [4.78, 5) is 4.47. The van der Waals surface area contributed by atoms with Crippen molar-refractivity contribution in [2.24, 2.45) is 0 Å². The Morgan fingerprint density at radius 3 is 3.00 bits per heavy atom. The van der Waals surface area contributed by atoms with Crippen LogP contribution in [0.2, 0.25) is 0 Å². The number of hydrogen-bond acceptors (Lipinski definition) is 3. The molecule has 15 heavy (non-hydrogen) atoms. The van der Waals surface area contributed by atoms with Crippen molar-refractivity contribution in [1.82, 2.24) is 10.3 Å². The maximum Gasteiger partial charge on any atom is 0.0943 e. The van der Waals surface area contributed by atoms with Gasteiger partial charge in [0.25, 0.3) is 0 Å². The number of thiazole rings is 1. The highest BCUT2D eigenvalue weighted by atomic mass is 32.1. The molecule has 0 amide bonds. The molecule has 0 aliphatic rings. The first-order valence-electron chi connectivity index (χ1n) is 5.34. The Morgan fingerprint density at radius 2 is 2.47 bits per heavy atom. The van der Waals surface area contributed by atoms with Gasteiger partial charge in [-0.3, -0.25) is 0 Å². The van der Waals surface area contributed by atoms with Gasteiger partial charge in [0.05, 0.1) is 5.01 Å². The van der Waals surface area contributed by atoms with Gasteiger partial charge < -0.3 is 5.32 Å². The maximum atomic E-state index is 5.28. The molecule has 1 heterocycles. The van der Waals surface area contributed by atoms with Crippen molar-refractivity contribution in [3.05, 3.63) is 16.1 Å². The number of likely N-dealkylation sites (N-methyl/N-ethyl adjacent to an activating group) is 1. The van der Waals surface area contributed by atoms with Crippen molar-refractivity contribution in [2.45, 2.75) is 39.2 Å². The fourth-order valence-electron chi connectivity index (χ4n) is 1.53. The van der Waals surface area contributed by atoms with Crippen molar-refractivity contribution in [1.29, 1.82) is 0 Å². The molecular formula is C12H18N2S. The van der Waals surface area contributed by atoms with E-state index in [1.807, 2.05) is 6.92 Å². The minimum absolute atomic E-state index is 0.469. The molecule has 1 rings (SSSR count). The molecule has 0 spiro atoms. The number of aryl methyl sites for hydroxylation is 1. The first-order chi connectivity index (χ1) is 7.26. The van der Waals surface area contributed by atoms with E-state index in [9.17, 15) is 0 Å². The topological polar surface area (TPSA) is 24.9 Å². The van der Waals surface area contributed by atoms with E-state index in [1.165, 1.54) is 5.01 Å². The summed E-state index contributed by atoms with van der Waals surface area (Å²) in [6, 6.07) is 0.469. The van der Waals surface area contributed by atoms with Crippen LogP contribution in [0.5, 0.6) is 0 Å². The molecule has 0 bridgehead atoms. The summed E-state index contributed by atoms with van der Waals surface area (Å²) in [5, 5.41) is 6.75. The lowest BCUT2D eigenvalue weighted by Crippen LogP contribution is -2.30. The van der Waals surface area contributed by atoms with Crippen LogP contribution in [-0.2, 0) is 6.42 Å². The molecule has 2 nitrogen and oxygen atoms in total. The van der Waals surface area contributed by atoms with Crippen molar-refractivity contribution in [3.8, 4) is 12.3 Å². The summed E-state index contributed by atoms with van der Waals surface area (Å²) in [7, 11) is 0. The Hall–Kier alpha value is -0.850. The number of nitrogens with zero attached hydrogens (tertiary/aromatic N) is 1. The van der Waals surface area contributed by atoms with E-state index in [0.717, 1.165) is 31.5 Å². The van der Waals surface area contributed by atoms with Gasteiger partial charge in [-0.2, -0.15) is 0 Å². The number of rotatable bonds is 6. The molecule has 1 N–H and O–H groups in total. The highest BCUT2D eigenvalue weighted by Crippen LogP contribution is 2.13. The monoisotopic (exact) mass is 222 g/mol. The predicted octanol–water partition coefficient (Wildman–Crippen LogP) is 2.39. The Kier molecular flexibility index (Phi) is 5.38. The molecule has 1 atom stereocenters. The maximum absolute atomic E-state index is 5.28. The molecule has 0 aromatic carbocycles. The van der Waals surface area contributed by atoms with Crippen LogP contribution in [0.15, 0.2) is 5.38 Å². The Labute approximate surface area is 96.1 Å². The van der Waals surface area contributed by atoms with E-state index >= 15 is 0 Å². The lowest BCUT2D eigenvalue weighted by atomic mass is 10.1. The first-order valence-corrected chi connectivity index (χ1v) is 6.22. The third kappa shape index (κ3) is 4.46. The number of nitrogens with one attached hydrogen (secondary N) is 1. The zero-order valence-electron chi connectivity index (χ0n) is 9.42. The smallest absolute Gasteiger partial charge is 0.0943 e. The second kappa shape index (κ2) is 6.60. The summed E-state index contributed by atoms with van der Waals surface area (Å²) in [5.41, 5.74) is 1.11. The van der Waals surface area contributed by atoms with Gasteiger partial charge in [-0.25, -0.2) is 4.98 Å². The van der Waals surface area contributed by atoms with Crippen molar-refractivity contribution < 1.29 is 0 Å². The van der Waals surface area contributed by atoms with E-state index in [4.69, 9.17) is 6.42 Å². The van der Waals surface area contributed by atoms with Gasteiger partial charge in [0.1, 0.15) is 0 Å². The average Bonchev–Trinajstić information content (AvgIpc) is 2.61. The Bertz CT molecular complexity index is 325. The first kappa shape index (κ1) is 12.2. The second-order valence-electron chi connectivity index (χ2n) is 3.58. The summed E-state index contributed by atoms with van der Waals surface area (Å²) in [6.45, 7) is 5.14. The molecule has 0 fully saturated rings. The van der Waals surface area contributed by atoms with Crippen LogP contribution in [0.25, 0.3) is 0 Å². The fourth-order valence-corrected chi connectivity index (χ4v) is 2.38. The van der Waals surface area contributed by atoms with Crippen LogP contribution in [0.1, 0.15) is 30.5 Å². The van der Waals surface area contributed by atoms with Gasteiger partial charge in [0.2, 0.25) is 0 Å². The van der Waals surface area contributed by atoms with Gasteiger partial charge in [-0.1, -0.05) is 6.92 Å². The summed E-state index contributed by atoms with van der Waals surface area (Å²) in [5.74, 6) is 2.69. The largest absolute Gasteiger partial charge is 0.314 e. The standard InChI is InChI=1S/C12H18N2S/c1-4-6-7-11(13-5-2)8-12-14-10(3)9-15-12/h1,9,11,13H,5-8H2,2-3H3. The molecule has 0 aliphatic heterocycles. The lowest BCUT2D eigenvalue weighted by Gasteiger charge is -2.14. The average molecular weight is 222 g/mol. The molecule has 0 radical (unpaired) electrons. The van der Waals surface area contributed by atoms with Crippen LogP contribution in [0, 0.1) is 19.3 Å². The fraction of sp³-hybridized carbons (Fsp3) is 0.583. The SMILES string of the molecule is C#CCCC(Cc1nc(C)cs1)NCC. The molecule has 0 saturated heterocycles. The molecular weight excluding hydrogens is 204 g/mol. The Balaban J connectivity index is 2.47. The summed E-state index contributed by atoms with van der Waals surface area (Å²) in [6.07, 6.45) is 8.14. The number of aromatic nitrogens is 1. The normalized spacial score (nSPS) is 12.3. The second-order valence-corrected chi connectivity index (χ2v) is 4.53.